The van der Waals surface area contributed by atoms with Gasteiger partial charge in [0.1, 0.15) is 16.0 Å². The smallest absolute Gasteiger partial charge is 0.348 e. The Kier molecular flexibility index (Phi) is 4.47. The number of aryl methyl sites for hydroxylation is 4. The second-order valence-corrected chi connectivity index (χ2v) is 8.02. The van der Waals surface area contributed by atoms with Crippen molar-refractivity contribution in [3.8, 4) is 0 Å². The lowest BCUT2D eigenvalue weighted by atomic mass is 10.2. The molecule has 0 aliphatic carbocycles. The van der Waals surface area contributed by atoms with Crippen LogP contribution in [0.1, 0.15) is 32.4 Å². The highest BCUT2D eigenvalue weighted by atomic mass is 79.9. The van der Waals surface area contributed by atoms with Crippen LogP contribution in [-0.2, 0) is 17.7 Å². The van der Waals surface area contributed by atoms with Gasteiger partial charge >= 0.3 is 5.97 Å². The summed E-state index contributed by atoms with van der Waals surface area (Å²) in [6.45, 7) is 6.56. The van der Waals surface area contributed by atoms with Crippen LogP contribution in [0, 0.1) is 20.8 Å². The lowest BCUT2D eigenvalue weighted by molar-refractivity contribution is 0.0605. The van der Waals surface area contributed by atoms with Crippen molar-refractivity contribution in [2.45, 2.75) is 33.7 Å². The number of carbonyl (C=O) groups is 1. The number of nitrogens with zero attached hydrogens (tertiary/aromatic N) is 6. The van der Waals surface area contributed by atoms with Gasteiger partial charge in [-0.05, 0) is 42.3 Å². The van der Waals surface area contributed by atoms with Gasteiger partial charge in [-0.25, -0.2) is 19.3 Å². The number of fused-ring (bicyclic) bond motifs is 3. The number of aromatic nitrogens is 6. The van der Waals surface area contributed by atoms with E-state index in [-0.39, 0.29) is 5.97 Å². The molecular weight excluding hydrogens is 432 g/mol. The van der Waals surface area contributed by atoms with E-state index in [0.717, 1.165) is 31.6 Å². The summed E-state index contributed by atoms with van der Waals surface area (Å²) in [5, 5.41) is 9.89. The number of methoxy groups -OCH3 is 1. The molecule has 0 atom stereocenters. The third kappa shape index (κ3) is 2.92. The molecule has 10 heteroatoms. The van der Waals surface area contributed by atoms with Crippen LogP contribution in [0.5, 0.6) is 0 Å². The first-order valence-electron chi connectivity index (χ1n) is 8.32. The van der Waals surface area contributed by atoms with Gasteiger partial charge in [-0.3, -0.25) is 4.68 Å². The van der Waals surface area contributed by atoms with Gasteiger partial charge in [0.2, 0.25) is 0 Å². The van der Waals surface area contributed by atoms with E-state index in [1.54, 1.807) is 10.8 Å². The van der Waals surface area contributed by atoms with Gasteiger partial charge < -0.3 is 4.74 Å². The van der Waals surface area contributed by atoms with Crippen LogP contribution >= 0.6 is 27.3 Å². The van der Waals surface area contributed by atoms with Gasteiger partial charge in [-0.2, -0.15) is 5.10 Å². The molecule has 0 N–H and O–H groups in total. The Morgan fingerprint density at radius 1 is 1.30 bits per heavy atom. The molecule has 4 aromatic heterocycles. The predicted molar refractivity (Wildman–Crippen MR) is 105 cm³/mol. The predicted octanol–water partition coefficient (Wildman–Crippen LogP) is 3.25. The average molecular weight is 449 g/mol. The first-order valence-corrected chi connectivity index (χ1v) is 9.92. The molecule has 0 fully saturated rings. The third-order valence-corrected chi connectivity index (χ3v) is 6.85. The fraction of sp³-hybridized carbons (Fsp3) is 0.353. The molecule has 0 radical (unpaired) electrons. The molecular formula is C17H17BrN6O2S. The number of ether oxygens (including phenoxy) is 1. The second kappa shape index (κ2) is 6.68. The number of rotatable bonds is 4. The maximum atomic E-state index is 12.0. The fourth-order valence-electron chi connectivity index (χ4n) is 3.07. The van der Waals surface area contributed by atoms with Crippen LogP contribution in [0.15, 0.2) is 10.8 Å². The summed E-state index contributed by atoms with van der Waals surface area (Å²) in [4.78, 5) is 22.4. The van der Waals surface area contributed by atoms with E-state index < -0.39 is 0 Å². The Morgan fingerprint density at radius 2 is 2.07 bits per heavy atom. The van der Waals surface area contributed by atoms with Crippen LogP contribution < -0.4 is 0 Å². The van der Waals surface area contributed by atoms with E-state index in [1.807, 2.05) is 25.5 Å². The van der Waals surface area contributed by atoms with Crippen molar-refractivity contribution in [1.29, 1.82) is 0 Å². The molecule has 140 valence electrons. The molecule has 0 aromatic carbocycles. The lowest BCUT2D eigenvalue weighted by Crippen LogP contribution is -2.06. The Hall–Kier alpha value is -2.33. The van der Waals surface area contributed by atoms with Crippen LogP contribution in [0.2, 0.25) is 0 Å². The highest BCUT2D eigenvalue weighted by Gasteiger charge is 2.20. The first kappa shape index (κ1) is 18.1. The molecule has 0 saturated carbocycles. The van der Waals surface area contributed by atoms with Crippen LogP contribution in [0.3, 0.4) is 0 Å². The fourth-order valence-corrected chi connectivity index (χ4v) is 4.42. The Labute approximate surface area is 167 Å². The highest BCUT2D eigenvalue weighted by molar-refractivity contribution is 9.10. The highest BCUT2D eigenvalue weighted by Crippen LogP contribution is 2.32. The van der Waals surface area contributed by atoms with Crippen molar-refractivity contribution < 1.29 is 9.53 Å². The van der Waals surface area contributed by atoms with E-state index in [0.29, 0.717) is 29.3 Å². The largest absolute Gasteiger partial charge is 0.465 e. The third-order valence-electron chi connectivity index (χ3n) is 4.52. The molecule has 27 heavy (non-hydrogen) atoms. The minimum Gasteiger partial charge on any atom is -0.465 e. The molecule has 4 heterocycles. The molecule has 8 nitrogen and oxygen atoms in total. The summed E-state index contributed by atoms with van der Waals surface area (Å²) in [7, 11) is 1.38. The van der Waals surface area contributed by atoms with E-state index >= 15 is 0 Å². The number of hydrogen-bond donors (Lipinski definition) is 0. The molecule has 4 aromatic rings. The molecule has 0 bridgehead atoms. The summed E-state index contributed by atoms with van der Waals surface area (Å²) < 4.78 is 9.50. The van der Waals surface area contributed by atoms with Crippen molar-refractivity contribution in [1.82, 2.24) is 29.4 Å². The minimum atomic E-state index is -0.358. The zero-order valence-corrected chi connectivity index (χ0v) is 17.7. The minimum absolute atomic E-state index is 0.358. The van der Waals surface area contributed by atoms with Crippen LogP contribution in [-0.4, -0.2) is 42.4 Å². The maximum absolute atomic E-state index is 12.0. The van der Waals surface area contributed by atoms with Gasteiger partial charge in [-0.1, -0.05) is 0 Å². The van der Waals surface area contributed by atoms with E-state index in [1.165, 1.54) is 18.4 Å². The summed E-state index contributed by atoms with van der Waals surface area (Å²) in [6, 6.07) is 0. The monoisotopic (exact) mass is 448 g/mol. The van der Waals surface area contributed by atoms with Gasteiger partial charge in [-0.15, -0.1) is 16.4 Å². The van der Waals surface area contributed by atoms with Gasteiger partial charge in [0.15, 0.2) is 11.5 Å². The normalized spacial score (nSPS) is 11.6. The van der Waals surface area contributed by atoms with Gasteiger partial charge in [0, 0.05) is 18.7 Å². The number of thiophene rings is 1. The van der Waals surface area contributed by atoms with Crippen molar-refractivity contribution in [3.05, 3.63) is 38.5 Å². The zero-order chi connectivity index (χ0) is 19.3. The summed E-state index contributed by atoms with van der Waals surface area (Å²) in [5.74, 6) is 0.349. The number of carbonyl (C=O) groups excluding carboxylic acids is 1. The number of esters is 1. The Balaban J connectivity index is 1.71. The van der Waals surface area contributed by atoms with E-state index in [4.69, 9.17) is 4.74 Å². The molecule has 0 spiro atoms. The summed E-state index contributed by atoms with van der Waals surface area (Å²) in [5.41, 5.74) is 3.57. The standard InChI is InChI=1S/C17H17BrN6O2S/c1-8-12-15-20-11(5-6-23-10(3)13(18)9(2)21-23)22-24(15)7-19-16(12)27-14(8)17(25)26-4/h7H,5-6H2,1-4H3. The van der Waals surface area contributed by atoms with E-state index in [9.17, 15) is 4.79 Å². The molecule has 0 aliphatic heterocycles. The Morgan fingerprint density at radius 3 is 2.74 bits per heavy atom. The van der Waals surface area contributed by atoms with Crippen molar-refractivity contribution in [2.24, 2.45) is 0 Å². The SMILES string of the molecule is COC(=O)c1sc2ncn3nc(CCn4nc(C)c(Br)c4C)nc3c2c1C. The quantitative estimate of drug-likeness (QED) is 0.445. The maximum Gasteiger partial charge on any atom is 0.348 e. The summed E-state index contributed by atoms with van der Waals surface area (Å²) >= 11 is 4.86. The molecule has 0 aliphatic rings. The number of halogens is 1. The molecule has 0 saturated heterocycles. The van der Waals surface area contributed by atoms with Crippen molar-refractivity contribution in [3.63, 3.8) is 0 Å². The molecule has 0 amide bonds. The second-order valence-electron chi connectivity index (χ2n) is 6.23. The number of hydrogen-bond acceptors (Lipinski definition) is 7. The zero-order valence-electron chi connectivity index (χ0n) is 15.3. The van der Waals surface area contributed by atoms with Crippen LogP contribution in [0.25, 0.3) is 15.9 Å². The topological polar surface area (TPSA) is 87.2 Å². The Bertz CT molecular complexity index is 1190. The van der Waals surface area contributed by atoms with Crippen molar-refractivity contribution >= 4 is 49.1 Å². The van der Waals surface area contributed by atoms with Crippen molar-refractivity contribution in [2.75, 3.05) is 7.11 Å². The average Bonchev–Trinajstić information content (AvgIpc) is 3.29. The molecule has 4 rings (SSSR count). The van der Waals surface area contributed by atoms with E-state index in [2.05, 4.69) is 36.1 Å². The first-order chi connectivity index (χ1) is 12.9. The van der Waals surface area contributed by atoms with Gasteiger partial charge in [0.05, 0.1) is 22.7 Å². The van der Waals surface area contributed by atoms with Crippen LogP contribution in [0.4, 0.5) is 0 Å². The summed E-state index contributed by atoms with van der Waals surface area (Å²) in [6.07, 6.45) is 2.27. The lowest BCUT2D eigenvalue weighted by Gasteiger charge is -2.01. The van der Waals surface area contributed by atoms with Gasteiger partial charge in [0.25, 0.3) is 0 Å². The molecule has 0 unspecified atom stereocenters.